The van der Waals surface area contributed by atoms with Gasteiger partial charge in [-0.15, -0.1) is 0 Å². The highest BCUT2D eigenvalue weighted by atomic mass is 15.3. The largest absolute Gasteiger partial charge is 0.381 e. The van der Waals surface area contributed by atoms with Gasteiger partial charge in [0.05, 0.1) is 5.82 Å². The van der Waals surface area contributed by atoms with Gasteiger partial charge in [0.2, 0.25) is 0 Å². The number of rotatable bonds is 3. The van der Waals surface area contributed by atoms with Gasteiger partial charge in [-0.2, -0.15) is 0 Å². The number of nitrogens with zero attached hydrogens (tertiary/aromatic N) is 2. The van der Waals surface area contributed by atoms with E-state index in [-0.39, 0.29) is 0 Å². The average Bonchev–Trinajstić information content (AvgIpc) is 2.06. The molecular formula is C8H18BN3. The summed E-state index contributed by atoms with van der Waals surface area (Å²) < 4.78 is 0. The van der Waals surface area contributed by atoms with Crippen LogP contribution in [0.4, 0.5) is 0 Å². The van der Waals surface area contributed by atoms with Crippen LogP contribution < -0.4 is 5.32 Å². The normalized spacial score (nSPS) is 19.2. The SMILES string of the molecule is BCNC(=C)N1CCN(C)CC1. The van der Waals surface area contributed by atoms with Crippen LogP contribution in [0, 0.1) is 0 Å². The van der Waals surface area contributed by atoms with E-state index in [9.17, 15) is 0 Å². The van der Waals surface area contributed by atoms with Gasteiger partial charge in [-0.05, 0) is 13.5 Å². The van der Waals surface area contributed by atoms with Crippen molar-refractivity contribution in [1.82, 2.24) is 15.1 Å². The Bertz CT molecular complexity index is 152. The smallest absolute Gasteiger partial charge is 0.126 e. The van der Waals surface area contributed by atoms with Crippen molar-refractivity contribution in [3.05, 3.63) is 12.4 Å². The van der Waals surface area contributed by atoms with Gasteiger partial charge in [0.1, 0.15) is 7.85 Å². The van der Waals surface area contributed by atoms with Crippen molar-refractivity contribution >= 4 is 7.85 Å². The van der Waals surface area contributed by atoms with E-state index in [0.717, 1.165) is 38.4 Å². The predicted molar refractivity (Wildman–Crippen MR) is 54.8 cm³/mol. The average molecular weight is 167 g/mol. The molecule has 0 unspecified atom stereocenters. The molecule has 0 aromatic heterocycles. The van der Waals surface area contributed by atoms with Crippen molar-refractivity contribution in [2.24, 2.45) is 0 Å². The molecule has 0 radical (unpaired) electrons. The van der Waals surface area contributed by atoms with E-state index in [1.54, 1.807) is 0 Å². The summed E-state index contributed by atoms with van der Waals surface area (Å²) in [7, 11) is 4.26. The molecule has 4 heteroatoms. The Balaban J connectivity index is 2.29. The minimum atomic E-state index is 0.963. The van der Waals surface area contributed by atoms with Crippen LogP contribution in [-0.2, 0) is 0 Å². The van der Waals surface area contributed by atoms with Gasteiger partial charge in [-0.25, -0.2) is 0 Å². The molecule has 1 N–H and O–H groups in total. The molecule has 0 bridgehead atoms. The summed E-state index contributed by atoms with van der Waals surface area (Å²) in [5.41, 5.74) is 0. The summed E-state index contributed by atoms with van der Waals surface area (Å²) in [4.78, 5) is 4.65. The van der Waals surface area contributed by atoms with Gasteiger partial charge >= 0.3 is 0 Å². The number of hydrogen-bond acceptors (Lipinski definition) is 3. The highest BCUT2D eigenvalue weighted by Gasteiger charge is 2.13. The van der Waals surface area contributed by atoms with Gasteiger partial charge in [0.15, 0.2) is 0 Å². The fraction of sp³-hybridized carbons (Fsp3) is 0.750. The van der Waals surface area contributed by atoms with Gasteiger partial charge in [0, 0.05) is 26.2 Å². The molecular weight excluding hydrogens is 149 g/mol. The Hall–Kier alpha value is -0.635. The third-order valence-electron chi connectivity index (χ3n) is 2.27. The Morgan fingerprint density at radius 2 is 2.00 bits per heavy atom. The molecule has 1 fully saturated rings. The molecule has 12 heavy (non-hydrogen) atoms. The second-order valence-electron chi connectivity index (χ2n) is 3.27. The van der Waals surface area contributed by atoms with Gasteiger partial charge < -0.3 is 15.1 Å². The quantitative estimate of drug-likeness (QED) is 0.537. The minimum Gasteiger partial charge on any atom is -0.381 e. The van der Waals surface area contributed by atoms with Crippen LogP contribution in [0.1, 0.15) is 0 Å². The molecule has 0 saturated carbocycles. The molecule has 68 valence electrons. The fourth-order valence-electron chi connectivity index (χ4n) is 1.39. The molecule has 3 nitrogen and oxygen atoms in total. The molecule has 1 aliphatic heterocycles. The van der Waals surface area contributed by atoms with Gasteiger partial charge in [-0.3, -0.25) is 0 Å². The molecule has 0 amide bonds. The molecule has 0 aromatic rings. The van der Waals surface area contributed by atoms with Crippen molar-refractivity contribution in [3.8, 4) is 0 Å². The molecule has 1 saturated heterocycles. The van der Waals surface area contributed by atoms with E-state index in [0.29, 0.717) is 0 Å². The summed E-state index contributed by atoms with van der Waals surface area (Å²) in [6.07, 6.45) is 0.963. The zero-order chi connectivity index (χ0) is 8.97. The second-order valence-corrected chi connectivity index (χ2v) is 3.27. The van der Waals surface area contributed by atoms with Gasteiger partial charge in [0.25, 0.3) is 0 Å². The first-order valence-electron chi connectivity index (χ1n) is 4.60. The van der Waals surface area contributed by atoms with Crippen LogP contribution in [0.5, 0.6) is 0 Å². The number of hydrogen-bond donors (Lipinski definition) is 1. The molecule has 0 spiro atoms. The van der Waals surface area contributed by atoms with E-state index in [1.807, 2.05) is 0 Å². The molecule has 1 heterocycles. The van der Waals surface area contributed by atoms with E-state index in [2.05, 4.69) is 36.6 Å². The first-order chi connectivity index (χ1) is 5.74. The maximum Gasteiger partial charge on any atom is 0.126 e. The van der Waals surface area contributed by atoms with Crippen LogP contribution in [0.25, 0.3) is 0 Å². The first-order valence-corrected chi connectivity index (χ1v) is 4.60. The van der Waals surface area contributed by atoms with Crippen LogP contribution in [0.3, 0.4) is 0 Å². The standard InChI is InChI=1S/C8H18BN3/c1-8(10-7-9)12-5-3-11(2)4-6-12/h10H,1,3-7,9H2,2H3. The van der Waals surface area contributed by atoms with Crippen LogP contribution in [-0.4, -0.2) is 57.3 Å². The zero-order valence-corrected chi connectivity index (χ0v) is 8.14. The van der Waals surface area contributed by atoms with Crippen LogP contribution >= 0.6 is 0 Å². The zero-order valence-electron chi connectivity index (χ0n) is 8.14. The molecule has 0 atom stereocenters. The lowest BCUT2D eigenvalue weighted by Gasteiger charge is -2.35. The first kappa shape index (κ1) is 9.45. The Labute approximate surface area is 75.8 Å². The third kappa shape index (κ3) is 2.45. The molecule has 0 aliphatic carbocycles. The van der Waals surface area contributed by atoms with Crippen molar-refractivity contribution in [1.29, 1.82) is 0 Å². The summed E-state index contributed by atoms with van der Waals surface area (Å²) in [5.74, 6) is 1.07. The Morgan fingerprint density at radius 3 is 2.50 bits per heavy atom. The fourth-order valence-corrected chi connectivity index (χ4v) is 1.39. The van der Waals surface area contributed by atoms with Gasteiger partial charge in [-0.1, -0.05) is 6.58 Å². The number of nitrogens with one attached hydrogen (secondary N) is 1. The minimum absolute atomic E-state index is 0.963. The topological polar surface area (TPSA) is 18.5 Å². The maximum atomic E-state index is 3.99. The monoisotopic (exact) mass is 167 g/mol. The summed E-state index contributed by atoms with van der Waals surface area (Å²) in [6, 6.07) is 0. The van der Waals surface area contributed by atoms with Crippen molar-refractivity contribution in [2.75, 3.05) is 39.7 Å². The maximum absolute atomic E-state index is 3.99. The predicted octanol–water partition coefficient (Wildman–Crippen LogP) is -1.11. The Kier molecular flexibility index (Phi) is 3.47. The van der Waals surface area contributed by atoms with Crippen molar-refractivity contribution in [3.63, 3.8) is 0 Å². The second kappa shape index (κ2) is 4.41. The van der Waals surface area contributed by atoms with E-state index >= 15 is 0 Å². The van der Waals surface area contributed by atoms with Crippen molar-refractivity contribution in [2.45, 2.75) is 0 Å². The van der Waals surface area contributed by atoms with Crippen LogP contribution in [0.2, 0.25) is 0 Å². The number of likely N-dealkylation sites (N-methyl/N-ethyl adjacent to an activating group) is 1. The summed E-state index contributed by atoms with van der Waals surface area (Å²) in [6.45, 7) is 8.48. The summed E-state index contributed by atoms with van der Waals surface area (Å²) in [5, 5.41) is 3.24. The van der Waals surface area contributed by atoms with E-state index in [4.69, 9.17) is 0 Å². The lowest BCUT2D eigenvalue weighted by atomic mass is 10.2. The van der Waals surface area contributed by atoms with E-state index in [1.165, 1.54) is 0 Å². The highest BCUT2D eigenvalue weighted by Crippen LogP contribution is 2.03. The lowest BCUT2D eigenvalue weighted by molar-refractivity contribution is 0.180. The van der Waals surface area contributed by atoms with E-state index < -0.39 is 0 Å². The Morgan fingerprint density at radius 1 is 1.42 bits per heavy atom. The van der Waals surface area contributed by atoms with Crippen molar-refractivity contribution < 1.29 is 0 Å². The molecule has 0 aromatic carbocycles. The molecule has 1 aliphatic rings. The number of piperazine rings is 1. The summed E-state index contributed by atoms with van der Waals surface area (Å²) >= 11 is 0. The molecule has 1 rings (SSSR count). The lowest BCUT2D eigenvalue weighted by Crippen LogP contribution is -2.46. The third-order valence-corrected chi connectivity index (χ3v) is 2.27. The highest BCUT2D eigenvalue weighted by molar-refractivity contribution is 6.08. The van der Waals surface area contributed by atoms with Crippen LogP contribution in [0.15, 0.2) is 12.4 Å².